The molecule has 1 spiro atoms. The molecular weight excluding hydrogens is 989 g/mol. The quantitative estimate of drug-likeness (QED) is 0.0431. The van der Waals surface area contributed by atoms with Crippen LogP contribution in [0.25, 0.3) is 33.4 Å². The fraction of sp³-hybridized carbons (Fsp3) is 0.400. The molecule has 0 aliphatic heterocycles. The van der Waals surface area contributed by atoms with Gasteiger partial charge in [0.25, 0.3) is 0 Å². The van der Waals surface area contributed by atoms with Crippen molar-refractivity contribution in [2.45, 2.75) is 200 Å². The van der Waals surface area contributed by atoms with Gasteiger partial charge in [0.05, 0.1) is 5.41 Å². The third-order valence-corrected chi connectivity index (χ3v) is 19.5. The van der Waals surface area contributed by atoms with Gasteiger partial charge < -0.3 is 9.80 Å². The maximum atomic E-state index is 2.69. The second-order valence-electron chi connectivity index (χ2n) is 25.1. The summed E-state index contributed by atoms with van der Waals surface area (Å²) < 4.78 is 0. The highest BCUT2D eigenvalue weighted by Gasteiger charge is 2.52. The molecule has 3 aliphatic rings. The summed E-state index contributed by atoms with van der Waals surface area (Å²) in [6.45, 7) is 11.6. The Hall–Kier alpha value is -6.64. The van der Waals surface area contributed by atoms with Gasteiger partial charge in [-0.3, -0.25) is 0 Å². The number of unbranched alkanes of at least 4 members (excludes halogenated alkanes) is 16. The molecule has 0 atom stereocenters. The minimum absolute atomic E-state index is 0.0310. The molecule has 424 valence electrons. The van der Waals surface area contributed by atoms with E-state index < -0.39 is 5.41 Å². The number of fused-ring (bicyclic) bond motifs is 13. The molecule has 0 aromatic heterocycles. The Kier molecular flexibility index (Phi) is 18.3. The van der Waals surface area contributed by atoms with Gasteiger partial charge in [-0.15, -0.1) is 0 Å². The second kappa shape index (κ2) is 26.3. The molecule has 0 bridgehead atoms. The Balaban J connectivity index is 1.07. The normalized spacial score (nSPS) is 13.6. The highest BCUT2D eigenvalue weighted by Crippen LogP contribution is 2.64. The van der Waals surface area contributed by atoms with E-state index in [9.17, 15) is 0 Å². The molecule has 0 heterocycles. The van der Waals surface area contributed by atoms with Crippen LogP contribution in [-0.4, -0.2) is 7.05 Å². The molecule has 11 rings (SSSR count). The SMILES string of the molecule is CCCCCCCCC1(CCCCCCCC)c2cc(C)ccc2-c2ccc(N(c3cccc(CCCCCC)c3)c3ccc4c(c3)C3(c5ccccc5-c5ccccc53)c3cc(N(C)c5cccc(CCCCCC)c5)ccc3-4)cc21. The van der Waals surface area contributed by atoms with Crippen LogP contribution in [0.2, 0.25) is 0 Å². The Morgan fingerprint density at radius 2 is 0.683 bits per heavy atom. The minimum atomic E-state index is -0.514. The second-order valence-corrected chi connectivity index (χ2v) is 25.1. The highest BCUT2D eigenvalue weighted by molar-refractivity contribution is 5.97. The van der Waals surface area contributed by atoms with Gasteiger partial charge in [-0.1, -0.05) is 258 Å². The lowest BCUT2D eigenvalue weighted by molar-refractivity contribution is 0.398. The standard InChI is InChI=1S/C80H94N2/c1-7-11-15-19-21-29-51-79(52-30-22-20-16-12-8-2)75-53-59(5)43-47-69(75)70-49-45-65(57-76(70)79)82(64-38-32-36-61(55-64)34-24-18-14-10-4)66-46-50-72-71-48-44-63(81(6)62-37-31-35-60(54-62)33-23-17-13-9-3)56-77(71)80(78(72)58-66)73-41-27-25-39-67(73)68-40-26-28-42-74(68)80/h25-28,31-32,35-50,53-58H,7-24,29-30,33-34,51-52H2,1-6H3. The summed E-state index contributed by atoms with van der Waals surface area (Å²) in [6.07, 6.45) is 30.5. The van der Waals surface area contributed by atoms with Gasteiger partial charge >= 0.3 is 0 Å². The van der Waals surface area contributed by atoms with Crippen molar-refractivity contribution in [2.75, 3.05) is 16.8 Å². The lowest BCUT2D eigenvalue weighted by Crippen LogP contribution is -2.27. The number of hydrogen-bond acceptors (Lipinski definition) is 2. The summed E-state index contributed by atoms with van der Waals surface area (Å²) >= 11 is 0. The largest absolute Gasteiger partial charge is 0.345 e. The first-order chi connectivity index (χ1) is 40.3. The fourth-order valence-corrected chi connectivity index (χ4v) is 15.2. The van der Waals surface area contributed by atoms with E-state index >= 15 is 0 Å². The highest BCUT2D eigenvalue weighted by atomic mass is 15.1. The Morgan fingerprint density at radius 3 is 1.23 bits per heavy atom. The van der Waals surface area contributed by atoms with Crippen LogP contribution in [0.3, 0.4) is 0 Å². The van der Waals surface area contributed by atoms with Crippen molar-refractivity contribution in [1.29, 1.82) is 0 Å². The molecule has 8 aromatic carbocycles. The molecule has 0 unspecified atom stereocenters. The number of hydrogen-bond donors (Lipinski definition) is 0. The van der Waals surface area contributed by atoms with E-state index in [-0.39, 0.29) is 5.41 Å². The van der Waals surface area contributed by atoms with Crippen LogP contribution in [0.4, 0.5) is 28.4 Å². The van der Waals surface area contributed by atoms with Gasteiger partial charge in [0, 0.05) is 40.9 Å². The van der Waals surface area contributed by atoms with Crippen LogP contribution in [0, 0.1) is 6.92 Å². The van der Waals surface area contributed by atoms with Crippen molar-refractivity contribution in [3.63, 3.8) is 0 Å². The summed E-state index contributed by atoms with van der Waals surface area (Å²) in [5.74, 6) is 0. The zero-order valence-electron chi connectivity index (χ0n) is 51.0. The summed E-state index contributed by atoms with van der Waals surface area (Å²) in [7, 11) is 2.27. The molecule has 0 amide bonds. The third-order valence-electron chi connectivity index (χ3n) is 19.5. The van der Waals surface area contributed by atoms with Crippen molar-refractivity contribution in [3.05, 3.63) is 220 Å². The summed E-state index contributed by atoms with van der Waals surface area (Å²) in [4.78, 5) is 5.08. The number of benzene rings is 8. The van der Waals surface area contributed by atoms with Crippen LogP contribution >= 0.6 is 0 Å². The van der Waals surface area contributed by atoms with E-state index in [2.05, 4.69) is 221 Å². The molecule has 0 N–H and O–H groups in total. The topological polar surface area (TPSA) is 6.48 Å². The molecule has 0 saturated heterocycles. The number of anilines is 5. The van der Waals surface area contributed by atoms with Crippen molar-refractivity contribution in [2.24, 2.45) is 0 Å². The Bertz CT molecular complexity index is 3380. The van der Waals surface area contributed by atoms with Gasteiger partial charge in [0.1, 0.15) is 0 Å². The zero-order valence-corrected chi connectivity index (χ0v) is 51.0. The average molecular weight is 1080 g/mol. The Labute approximate surface area is 495 Å². The summed E-state index contributed by atoms with van der Waals surface area (Å²) in [5.41, 5.74) is 26.7. The fourth-order valence-electron chi connectivity index (χ4n) is 15.2. The van der Waals surface area contributed by atoms with Crippen LogP contribution < -0.4 is 9.80 Å². The predicted molar refractivity (Wildman–Crippen MR) is 355 cm³/mol. The molecule has 0 fully saturated rings. The van der Waals surface area contributed by atoms with E-state index in [1.807, 2.05) is 0 Å². The van der Waals surface area contributed by atoms with Crippen molar-refractivity contribution >= 4 is 28.4 Å². The number of rotatable bonds is 29. The molecule has 8 aromatic rings. The van der Waals surface area contributed by atoms with Gasteiger partial charge in [-0.25, -0.2) is 0 Å². The molecule has 2 heteroatoms. The molecule has 2 nitrogen and oxygen atoms in total. The molecular formula is C80H94N2. The molecule has 0 saturated carbocycles. The maximum Gasteiger partial charge on any atom is 0.0727 e. The van der Waals surface area contributed by atoms with E-state index in [1.165, 1.54) is 242 Å². The summed E-state index contributed by atoms with van der Waals surface area (Å²) in [6, 6.07) is 67.6. The van der Waals surface area contributed by atoms with Crippen LogP contribution in [-0.2, 0) is 23.7 Å². The smallest absolute Gasteiger partial charge is 0.0727 e. The number of aryl methyl sites for hydroxylation is 3. The zero-order chi connectivity index (χ0) is 56.5. The van der Waals surface area contributed by atoms with E-state index in [0.29, 0.717) is 0 Å². The van der Waals surface area contributed by atoms with E-state index in [1.54, 1.807) is 11.1 Å². The molecule has 82 heavy (non-hydrogen) atoms. The Morgan fingerprint density at radius 1 is 0.305 bits per heavy atom. The van der Waals surface area contributed by atoms with Gasteiger partial charge in [0.2, 0.25) is 0 Å². The lowest BCUT2D eigenvalue weighted by atomic mass is 9.70. The van der Waals surface area contributed by atoms with Crippen LogP contribution in [0.5, 0.6) is 0 Å². The van der Waals surface area contributed by atoms with Gasteiger partial charge in [-0.05, 0) is 184 Å². The van der Waals surface area contributed by atoms with Crippen molar-refractivity contribution in [3.8, 4) is 33.4 Å². The van der Waals surface area contributed by atoms with Gasteiger partial charge in [0.15, 0.2) is 0 Å². The minimum Gasteiger partial charge on any atom is -0.345 e. The number of nitrogens with zero attached hydrogens (tertiary/aromatic N) is 2. The lowest BCUT2D eigenvalue weighted by Gasteiger charge is -2.35. The molecule has 3 aliphatic carbocycles. The molecule has 0 radical (unpaired) electrons. The predicted octanol–water partition coefficient (Wildman–Crippen LogP) is 23.6. The summed E-state index contributed by atoms with van der Waals surface area (Å²) in [5, 5.41) is 0. The monoisotopic (exact) mass is 1080 g/mol. The van der Waals surface area contributed by atoms with E-state index in [4.69, 9.17) is 0 Å². The third kappa shape index (κ3) is 11.2. The van der Waals surface area contributed by atoms with Crippen LogP contribution in [0.15, 0.2) is 170 Å². The van der Waals surface area contributed by atoms with Crippen molar-refractivity contribution in [1.82, 2.24) is 0 Å². The first-order valence-corrected chi connectivity index (χ1v) is 32.8. The maximum absolute atomic E-state index is 2.69. The van der Waals surface area contributed by atoms with Crippen LogP contribution in [0.1, 0.15) is 219 Å². The average Bonchev–Trinajstić information content (AvgIpc) is 2.86. The first kappa shape index (κ1) is 57.2. The van der Waals surface area contributed by atoms with Gasteiger partial charge in [-0.2, -0.15) is 0 Å². The van der Waals surface area contributed by atoms with E-state index in [0.717, 1.165) is 12.8 Å². The van der Waals surface area contributed by atoms with Crippen molar-refractivity contribution < 1.29 is 0 Å². The first-order valence-electron chi connectivity index (χ1n) is 32.8.